The number of amides is 1. The summed E-state index contributed by atoms with van der Waals surface area (Å²) in [6, 6.07) is 21.3. The maximum Gasteiger partial charge on any atom is 0.223 e. The SMILES string of the molecule is O=C(CC1CC1)N1CCO[C@@H](CC(c2ccccc2)c2ccccc2)C1. The number of carbonyl (C=O) groups excluding carboxylic acids is 1. The van der Waals surface area contributed by atoms with Gasteiger partial charge in [-0.1, -0.05) is 60.7 Å². The molecule has 1 amide bonds. The molecule has 1 saturated heterocycles. The molecule has 136 valence electrons. The number of ether oxygens (including phenoxy) is 1. The van der Waals surface area contributed by atoms with Gasteiger partial charge in [-0.15, -0.1) is 0 Å². The highest BCUT2D eigenvalue weighted by Crippen LogP contribution is 2.34. The third-order valence-electron chi connectivity index (χ3n) is 5.55. The summed E-state index contributed by atoms with van der Waals surface area (Å²) in [7, 11) is 0. The van der Waals surface area contributed by atoms with Crippen LogP contribution in [0.1, 0.15) is 42.7 Å². The number of benzene rings is 2. The number of morpholine rings is 1. The molecule has 0 unspecified atom stereocenters. The summed E-state index contributed by atoms with van der Waals surface area (Å²) in [4.78, 5) is 14.5. The minimum Gasteiger partial charge on any atom is -0.375 e. The van der Waals surface area contributed by atoms with E-state index in [9.17, 15) is 4.79 Å². The molecule has 0 radical (unpaired) electrons. The molecule has 2 aromatic rings. The number of carbonyl (C=O) groups is 1. The number of rotatable bonds is 6. The molecule has 1 atom stereocenters. The summed E-state index contributed by atoms with van der Waals surface area (Å²) >= 11 is 0. The Morgan fingerprint density at radius 3 is 2.19 bits per heavy atom. The van der Waals surface area contributed by atoms with Gasteiger partial charge in [0.1, 0.15) is 0 Å². The lowest BCUT2D eigenvalue weighted by molar-refractivity contribution is -0.139. The fourth-order valence-electron chi connectivity index (χ4n) is 3.88. The molecule has 0 bridgehead atoms. The number of nitrogens with zero attached hydrogens (tertiary/aromatic N) is 1. The van der Waals surface area contributed by atoms with Crippen molar-refractivity contribution in [3.63, 3.8) is 0 Å². The van der Waals surface area contributed by atoms with Crippen LogP contribution in [0.3, 0.4) is 0 Å². The fraction of sp³-hybridized carbons (Fsp3) is 0.435. The predicted molar refractivity (Wildman–Crippen MR) is 103 cm³/mol. The molecule has 0 aromatic heterocycles. The molecule has 3 heteroatoms. The van der Waals surface area contributed by atoms with E-state index in [0.29, 0.717) is 24.3 Å². The maximum atomic E-state index is 12.5. The smallest absolute Gasteiger partial charge is 0.223 e. The van der Waals surface area contributed by atoms with Crippen molar-refractivity contribution in [3.05, 3.63) is 71.8 Å². The van der Waals surface area contributed by atoms with Gasteiger partial charge in [-0.05, 0) is 36.3 Å². The van der Waals surface area contributed by atoms with Gasteiger partial charge in [0, 0.05) is 25.4 Å². The van der Waals surface area contributed by atoms with Gasteiger partial charge in [-0.2, -0.15) is 0 Å². The second-order valence-electron chi connectivity index (χ2n) is 7.59. The average Bonchev–Trinajstić information content (AvgIpc) is 3.52. The number of hydrogen-bond donors (Lipinski definition) is 0. The molecule has 1 aliphatic heterocycles. The van der Waals surface area contributed by atoms with Crippen molar-refractivity contribution < 1.29 is 9.53 Å². The lowest BCUT2D eigenvalue weighted by atomic mass is 9.86. The Labute approximate surface area is 156 Å². The van der Waals surface area contributed by atoms with Crippen molar-refractivity contribution in [2.45, 2.75) is 37.7 Å². The first-order valence-corrected chi connectivity index (χ1v) is 9.79. The van der Waals surface area contributed by atoms with Crippen molar-refractivity contribution >= 4 is 5.91 Å². The minimum atomic E-state index is 0.0947. The Kier molecular flexibility index (Phi) is 5.35. The van der Waals surface area contributed by atoms with Crippen molar-refractivity contribution in [1.82, 2.24) is 4.90 Å². The largest absolute Gasteiger partial charge is 0.375 e. The Morgan fingerprint density at radius 1 is 1.00 bits per heavy atom. The molecular formula is C23H27NO2. The van der Waals surface area contributed by atoms with Crippen LogP contribution in [-0.4, -0.2) is 36.6 Å². The van der Waals surface area contributed by atoms with Crippen molar-refractivity contribution in [3.8, 4) is 0 Å². The Bertz CT molecular complexity index is 672. The second-order valence-corrected chi connectivity index (χ2v) is 7.59. The van der Waals surface area contributed by atoms with Gasteiger partial charge in [-0.25, -0.2) is 0 Å². The first-order valence-electron chi connectivity index (χ1n) is 9.79. The van der Waals surface area contributed by atoms with Crippen LogP contribution in [0.25, 0.3) is 0 Å². The molecule has 4 rings (SSSR count). The normalized spacial score (nSPS) is 20.3. The zero-order valence-electron chi connectivity index (χ0n) is 15.2. The van der Waals surface area contributed by atoms with E-state index in [1.807, 2.05) is 4.90 Å². The standard InChI is InChI=1S/C23H27NO2/c25-23(15-18-11-12-18)24-13-14-26-21(17-24)16-22(19-7-3-1-4-8-19)20-9-5-2-6-10-20/h1-10,18,21-22H,11-17H2/t21-/m0/s1. The average molecular weight is 349 g/mol. The first kappa shape index (κ1) is 17.3. The lowest BCUT2D eigenvalue weighted by Gasteiger charge is -2.35. The Balaban J connectivity index is 1.47. The van der Waals surface area contributed by atoms with Gasteiger partial charge in [0.05, 0.1) is 12.7 Å². The van der Waals surface area contributed by atoms with E-state index in [-0.39, 0.29) is 6.10 Å². The van der Waals surface area contributed by atoms with Crippen LogP contribution in [-0.2, 0) is 9.53 Å². The molecule has 1 heterocycles. The van der Waals surface area contributed by atoms with Gasteiger partial charge in [0.2, 0.25) is 5.91 Å². The van der Waals surface area contributed by atoms with Gasteiger partial charge in [0.25, 0.3) is 0 Å². The summed E-state index contributed by atoms with van der Waals surface area (Å²) in [5.41, 5.74) is 2.62. The summed E-state index contributed by atoms with van der Waals surface area (Å²) in [5, 5.41) is 0. The van der Waals surface area contributed by atoms with Crippen LogP contribution in [0.2, 0.25) is 0 Å². The maximum absolute atomic E-state index is 12.5. The van der Waals surface area contributed by atoms with Crippen molar-refractivity contribution in [2.24, 2.45) is 5.92 Å². The molecule has 2 aliphatic rings. The molecule has 26 heavy (non-hydrogen) atoms. The number of hydrogen-bond acceptors (Lipinski definition) is 2. The fourth-order valence-corrected chi connectivity index (χ4v) is 3.88. The summed E-state index contributed by atoms with van der Waals surface area (Å²) in [6.07, 6.45) is 4.18. The molecule has 1 saturated carbocycles. The van der Waals surface area contributed by atoms with E-state index in [0.717, 1.165) is 25.9 Å². The van der Waals surface area contributed by atoms with E-state index >= 15 is 0 Å². The topological polar surface area (TPSA) is 29.5 Å². The zero-order valence-corrected chi connectivity index (χ0v) is 15.2. The molecule has 2 aromatic carbocycles. The monoisotopic (exact) mass is 349 g/mol. The first-order chi connectivity index (χ1) is 12.8. The van der Waals surface area contributed by atoms with Crippen LogP contribution in [0, 0.1) is 5.92 Å². The Morgan fingerprint density at radius 2 is 1.62 bits per heavy atom. The summed E-state index contributed by atoms with van der Waals surface area (Å²) < 4.78 is 6.06. The van der Waals surface area contributed by atoms with Crippen LogP contribution in [0.5, 0.6) is 0 Å². The van der Waals surface area contributed by atoms with Crippen molar-refractivity contribution in [2.75, 3.05) is 19.7 Å². The van der Waals surface area contributed by atoms with Crippen LogP contribution < -0.4 is 0 Å². The quantitative estimate of drug-likeness (QED) is 0.781. The van der Waals surface area contributed by atoms with Crippen LogP contribution in [0.4, 0.5) is 0 Å². The highest BCUT2D eigenvalue weighted by molar-refractivity contribution is 5.76. The van der Waals surface area contributed by atoms with Gasteiger partial charge >= 0.3 is 0 Å². The molecule has 2 fully saturated rings. The Hall–Kier alpha value is -2.13. The molecule has 0 N–H and O–H groups in total. The van der Waals surface area contributed by atoms with E-state index in [4.69, 9.17) is 4.74 Å². The lowest BCUT2D eigenvalue weighted by Crippen LogP contribution is -2.46. The summed E-state index contributed by atoms with van der Waals surface area (Å²) in [5.74, 6) is 1.25. The van der Waals surface area contributed by atoms with Crippen LogP contribution >= 0.6 is 0 Å². The highest BCUT2D eigenvalue weighted by atomic mass is 16.5. The van der Waals surface area contributed by atoms with E-state index in [1.54, 1.807) is 0 Å². The summed E-state index contributed by atoms with van der Waals surface area (Å²) in [6.45, 7) is 2.11. The van der Waals surface area contributed by atoms with E-state index < -0.39 is 0 Å². The van der Waals surface area contributed by atoms with E-state index in [2.05, 4.69) is 60.7 Å². The second kappa shape index (κ2) is 8.05. The van der Waals surface area contributed by atoms with Gasteiger partial charge in [0.15, 0.2) is 0 Å². The molecular weight excluding hydrogens is 322 g/mol. The van der Waals surface area contributed by atoms with Crippen molar-refractivity contribution in [1.29, 1.82) is 0 Å². The predicted octanol–water partition coefficient (Wildman–Crippen LogP) is 4.24. The third kappa shape index (κ3) is 4.34. The van der Waals surface area contributed by atoms with Crippen LogP contribution in [0.15, 0.2) is 60.7 Å². The zero-order chi connectivity index (χ0) is 17.8. The van der Waals surface area contributed by atoms with Gasteiger partial charge in [-0.3, -0.25) is 4.79 Å². The highest BCUT2D eigenvalue weighted by Gasteiger charge is 2.31. The molecule has 1 aliphatic carbocycles. The molecule has 3 nitrogen and oxygen atoms in total. The van der Waals surface area contributed by atoms with Gasteiger partial charge < -0.3 is 9.64 Å². The molecule has 0 spiro atoms. The minimum absolute atomic E-state index is 0.0947. The van der Waals surface area contributed by atoms with E-state index in [1.165, 1.54) is 24.0 Å². The third-order valence-corrected chi connectivity index (χ3v) is 5.55.